The van der Waals surface area contributed by atoms with Gasteiger partial charge >= 0.3 is 11.9 Å². The van der Waals surface area contributed by atoms with E-state index in [0.29, 0.717) is 12.8 Å². The summed E-state index contributed by atoms with van der Waals surface area (Å²) in [5.74, 6) is -0.726. The van der Waals surface area contributed by atoms with Crippen molar-refractivity contribution in [2.24, 2.45) is 10.8 Å². The van der Waals surface area contributed by atoms with Gasteiger partial charge in [-0.25, -0.2) is 0 Å². The molecule has 0 heterocycles. The van der Waals surface area contributed by atoms with Gasteiger partial charge in [-0.15, -0.1) is 0 Å². The number of esters is 2. The predicted molar refractivity (Wildman–Crippen MR) is 82.5 cm³/mol. The van der Waals surface area contributed by atoms with Crippen molar-refractivity contribution in [3.63, 3.8) is 0 Å². The summed E-state index contributed by atoms with van der Waals surface area (Å²) in [6.45, 7) is 3.97. The highest BCUT2D eigenvalue weighted by molar-refractivity contribution is 5.93. The fourth-order valence-electron chi connectivity index (χ4n) is 3.36. The lowest BCUT2D eigenvalue weighted by molar-refractivity contribution is -0.172. The van der Waals surface area contributed by atoms with Gasteiger partial charge in [-0.3, -0.25) is 9.59 Å². The average molecular weight is 290 g/mol. The molecule has 0 aromatic carbocycles. The van der Waals surface area contributed by atoms with E-state index in [1.54, 1.807) is 0 Å². The van der Waals surface area contributed by atoms with Crippen molar-refractivity contribution in [1.82, 2.24) is 0 Å². The van der Waals surface area contributed by atoms with Gasteiger partial charge in [0.25, 0.3) is 0 Å². The van der Waals surface area contributed by atoms with Gasteiger partial charge in [-0.2, -0.15) is 0 Å². The van der Waals surface area contributed by atoms with Gasteiger partial charge in [0.15, 0.2) is 0 Å². The van der Waals surface area contributed by atoms with Gasteiger partial charge in [-0.1, -0.05) is 38.2 Å². The van der Waals surface area contributed by atoms with Crippen molar-refractivity contribution in [3.05, 3.63) is 24.3 Å². The molecule has 0 aromatic heterocycles. The lowest BCUT2D eigenvalue weighted by atomic mass is 9.75. The molecule has 0 N–H and O–H groups in total. The van der Waals surface area contributed by atoms with Gasteiger partial charge in [0.2, 0.25) is 0 Å². The second-order valence-electron chi connectivity index (χ2n) is 6.29. The molecule has 2 aliphatic carbocycles. The monoisotopic (exact) mass is 290 g/mol. The number of hydrogen-bond donors (Lipinski definition) is 0. The molecule has 2 aliphatic rings. The second kappa shape index (κ2) is 6.59. The molecule has 0 aliphatic heterocycles. The van der Waals surface area contributed by atoms with E-state index in [-0.39, 0.29) is 11.9 Å². The van der Waals surface area contributed by atoms with Crippen molar-refractivity contribution in [2.45, 2.75) is 65.2 Å². The van der Waals surface area contributed by atoms with Crippen LogP contribution >= 0.6 is 0 Å². The third-order valence-electron chi connectivity index (χ3n) is 5.12. The zero-order chi connectivity index (χ0) is 15.3. The summed E-state index contributed by atoms with van der Waals surface area (Å²) in [7, 11) is 0. The maximum atomic E-state index is 12.5. The van der Waals surface area contributed by atoms with E-state index in [4.69, 9.17) is 4.74 Å². The minimum atomic E-state index is -0.596. The first-order valence-corrected chi connectivity index (χ1v) is 8.21. The lowest BCUT2D eigenvalue weighted by Crippen LogP contribution is -2.39. The maximum absolute atomic E-state index is 12.5. The Morgan fingerprint density at radius 3 is 1.62 bits per heavy atom. The van der Waals surface area contributed by atoms with E-state index in [2.05, 4.69) is 0 Å². The molecule has 0 fully saturated rings. The molecule has 0 aromatic rings. The Morgan fingerprint density at radius 1 is 0.905 bits per heavy atom. The Balaban J connectivity index is 2.12. The normalized spacial score (nSPS) is 31.9. The predicted octanol–water partition coefficient (Wildman–Crippen LogP) is 4.33. The van der Waals surface area contributed by atoms with Crippen LogP contribution in [0.2, 0.25) is 0 Å². The molecule has 0 amide bonds. The molecule has 2 rings (SSSR count). The van der Waals surface area contributed by atoms with E-state index in [1.807, 2.05) is 38.2 Å². The van der Waals surface area contributed by atoms with Crippen molar-refractivity contribution in [2.75, 3.05) is 0 Å². The van der Waals surface area contributed by atoms with Crippen LogP contribution in [0.1, 0.15) is 65.2 Å². The largest absolute Gasteiger partial charge is 0.392 e. The average Bonchev–Trinajstić information content (AvgIpc) is 2.55. The van der Waals surface area contributed by atoms with E-state index >= 15 is 0 Å². The van der Waals surface area contributed by atoms with Crippen LogP contribution in [0, 0.1) is 10.8 Å². The number of hydrogen-bond acceptors (Lipinski definition) is 3. The Bertz CT molecular complexity index is 421. The smallest absolute Gasteiger partial charge is 0.323 e. The summed E-state index contributed by atoms with van der Waals surface area (Å²) in [6.07, 6.45) is 14.9. The van der Waals surface area contributed by atoms with Crippen LogP contribution in [0.25, 0.3) is 0 Å². The summed E-state index contributed by atoms with van der Waals surface area (Å²) >= 11 is 0. The molecule has 2 atom stereocenters. The van der Waals surface area contributed by atoms with Crippen molar-refractivity contribution in [1.29, 1.82) is 0 Å². The first kappa shape index (κ1) is 16.0. The molecule has 2 unspecified atom stereocenters. The molecule has 0 saturated heterocycles. The molecule has 3 heteroatoms. The number of rotatable bonds is 4. The fraction of sp³-hybridized carbons (Fsp3) is 0.667. The minimum Gasteiger partial charge on any atom is -0.392 e. The molecule has 116 valence electrons. The topological polar surface area (TPSA) is 43.4 Å². The highest BCUT2D eigenvalue weighted by Gasteiger charge is 2.43. The SMILES string of the molecule is CCC1(C(=O)OC(=O)C2(CC)C=CCCC2)C=CCCC1. The van der Waals surface area contributed by atoms with Crippen molar-refractivity contribution in [3.8, 4) is 0 Å². The molecule has 0 spiro atoms. The molecule has 0 bridgehead atoms. The van der Waals surface area contributed by atoms with Crippen LogP contribution < -0.4 is 0 Å². The molecule has 0 saturated carbocycles. The van der Waals surface area contributed by atoms with Crippen LogP contribution in [-0.2, 0) is 14.3 Å². The van der Waals surface area contributed by atoms with Gasteiger partial charge in [-0.05, 0) is 51.4 Å². The quantitative estimate of drug-likeness (QED) is 0.440. The van der Waals surface area contributed by atoms with Crippen LogP contribution in [0.3, 0.4) is 0 Å². The standard InChI is InChI=1S/C18H26O3/c1-3-17(11-7-5-8-12-17)15(19)21-16(20)18(4-2)13-9-6-10-14-18/h7,9,11,13H,3-6,8,10,12,14H2,1-2H3. The summed E-state index contributed by atoms with van der Waals surface area (Å²) in [5.41, 5.74) is -1.19. The lowest BCUT2D eigenvalue weighted by Gasteiger charge is -2.33. The molecule has 21 heavy (non-hydrogen) atoms. The summed E-state index contributed by atoms with van der Waals surface area (Å²) in [6, 6.07) is 0. The number of carbonyl (C=O) groups excluding carboxylic acids is 2. The van der Waals surface area contributed by atoms with Gasteiger partial charge in [0.1, 0.15) is 0 Å². The molecular weight excluding hydrogens is 264 g/mol. The fourth-order valence-corrected chi connectivity index (χ4v) is 3.36. The zero-order valence-corrected chi connectivity index (χ0v) is 13.2. The van der Waals surface area contributed by atoms with E-state index in [1.165, 1.54) is 0 Å². The Morgan fingerprint density at radius 2 is 1.33 bits per heavy atom. The third kappa shape index (κ3) is 3.12. The van der Waals surface area contributed by atoms with Gasteiger partial charge in [0, 0.05) is 0 Å². The van der Waals surface area contributed by atoms with Crippen LogP contribution in [0.5, 0.6) is 0 Å². The first-order valence-electron chi connectivity index (χ1n) is 8.21. The van der Waals surface area contributed by atoms with Crippen molar-refractivity contribution < 1.29 is 14.3 Å². The first-order chi connectivity index (χ1) is 10.1. The second-order valence-corrected chi connectivity index (χ2v) is 6.29. The Labute approximate surface area is 127 Å². The highest BCUT2D eigenvalue weighted by Crippen LogP contribution is 2.39. The molecule has 3 nitrogen and oxygen atoms in total. The molecular formula is C18H26O3. The summed E-state index contributed by atoms with van der Waals surface area (Å²) < 4.78 is 5.34. The van der Waals surface area contributed by atoms with E-state index < -0.39 is 10.8 Å². The molecule has 0 radical (unpaired) electrons. The van der Waals surface area contributed by atoms with Gasteiger partial charge in [0.05, 0.1) is 10.8 Å². The minimum absolute atomic E-state index is 0.363. The Hall–Kier alpha value is -1.38. The number of allylic oxidation sites excluding steroid dienone is 2. The van der Waals surface area contributed by atoms with Crippen LogP contribution in [0.4, 0.5) is 0 Å². The highest BCUT2D eigenvalue weighted by atomic mass is 16.6. The van der Waals surface area contributed by atoms with Crippen LogP contribution in [0.15, 0.2) is 24.3 Å². The summed E-state index contributed by atoms with van der Waals surface area (Å²) in [5, 5.41) is 0. The van der Waals surface area contributed by atoms with Gasteiger partial charge < -0.3 is 4.74 Å². The van der Waals surface area contributed by atoms with Crippen molar-refractivity contribution >= 4 is 11.9 Å². The third-order valence-corrected chi connectivity index (χ3v) is 5.12. The van der Waals surface area contributed by atoms with E-state index in [0.717, 1.165) is 38.5 Å². The van der Waals surface area contributed by atoms with E-state index in [9.17, 15) is 9.59 Å². The van der Waals surface area contributed by atoms with Crippen LogP contribution in [-0.4, -0.2) is 11.9 Å². The summed E-state index contributed by atoms with van der Waals surface area (Å²) in [4.78, 5) is 25.1. The maximum Gasteiger partial charge on any atom is 0.323 e. The number of ether oxygens (including phenoxy) is 1. The Kier molecular flexibility index (Phi) is 5.02. The number of carbonyl (C=O) groups is 2. The zero-order valence-electron chi connectivity index (χ0n) is 13.2.